The van der Waals surface area contributed by atoms with E-state index in [9.17, 15) is 14.8 Å². The molecule has 6 heteroatoms. The van der Waals surface area contributed by atoms with Crippen molar-refractivity contribution >= 4 is 23.5 Å². The molecular weight excluding hydrogens is 246 g/mol. The van der Waals surface area contributed by atoms with Gasteiger partial charge in [0.1, 0.15) is 6.54 Å². The Morgan fingerprint density at radius 2 is 2.06 bits per heavy atom. The van der Waals surface area contributed by atoms with Crippen molar-refractivity contribution in [3.63, 3.8) is 0 Å². The number of benzene rings is 1. The summed E-state index contributed by atoms with van der Waals surface area (Å²) < 4.78 is 4.60. The van der Waals surface area contributed by atoms with E-state index in [0.29, 0.717) is 0 Å². The molecule has 0 fully saturated rings. The lowest BCUT2D eigenvalue weighted by molar-refractivity contribution is -0.152. The van der Waals surface area contributed by atoms with Crippen LogP contribution in [0.2, 0.25) is 5.02 Å². The van der Waals surface area contributed by atoms with Crippen LogP contribution in [0.5, 0.6) is 0 Å². The van der Waals surface area contributed by atoms with E-state index >= 15 is 0 Å². The summed E-state index contributed by atoms with van der Waals surface area (Å²) >= 11 is 5.79. The van der Waals surface area contributed by atoms with Crippen molar-refractivity contribution in [1.82, 2.24) is 5.06 Å². The van der Waals surface area contributed by atoms with Crippen LogP contribution in [0.15, 0.2) is 24.3 Å². The van der Waals surface area contributed by atoms with Crippen molar-refractivity contribution in [2.75, 3.05) is 13.2 Å². The third kappa shape index (κ3) is 3.72. The molecule has 0 spiro atoms. The Labute approximate surface area is 104 Å². The number of carbonyl (C=O) groups is 2. The number of carbonyl (C=O) groups excluding carboxylic acids is 2. The van der Waals surface area contributed by atoms with Gasteiger partial charge in [0.05, 0.1) is 17.2 Å². The van der Waals surface area contributed by atoms with Crippen molar-refractivity contribution in [2.45, 2.75) is 6.92 Å². The van der Waals surface area contributed by atoms with Crippen LogP contribution in [0, 0.1) is 0 Å². The molecule has 1 N–H and O–H groups in total. The van der Waals surface area contributed by atoms with Gasteiger partial charge in [0.15, 0.2) is 0 Å². The number of nitrogens with zero attached hydrogens (tertiary/aromatic N) is 1. The number of amides is 1. The summed E-state index contributed by atoms with van der Waals surface area (Å²) in [4.78, 5) is 22.8. The fourth-order valence-electron chi connectivity index (χ4n) is 1.17. The Morgan fingerprint density at radius 3 is 2.65 bits per heavy atom. The molecule has 0 aliphatic heterocycles. The molecule has 1 aromatic carbocycles. The third-order valence-corrected chi connectivity index (χ3v) is 2.25. The maximum atomic E-state index is 11.7. The lowest BCUT2D eigenvalue weighted by Gasteiger charge is -2.14. The second kappa shape index (κ2) is 6.22. The number of hydrogen-bond acceptors (Lipinski definition) is 4. The van der Waals surface area contributed by atoms with Crippen molar-refractivity contribution < 1.29 is 19.5 Å². The Kier molecular flexibility index (Phi) is 4.93. The summed E-state index contributed by atoms with van der Waals surface area (Å²) in [5, 5.41) is 9.90. The van der Waals surface area contributed by atoms with Gasteiger partial charge in [-0.3, -0.25) is 14.8 Å². The average Bonchev–Trinajstić information content (AvgIpc) is 2.29. The number of halogens is 1. The van der Waals surface area contributed by atoms with E-state index in [0.717, 1.165) is 0 Å². The SMILES string of the molecule is CCOC(=O)CN(O)C(=O)c1ccccc1Cl. The van der Waals surface area contributed by atoms with Gasteiger partial charge in [-0.2, -0.15) is 0 Å². The lowest BCUT2D eigenvalue weighted by atomic mass is 10.2. The molecule has 0 heterocycles. The largest absolute Gasteiger partial charge is 0.465 e. The van der Waals surface area contributed by atoms with E-state index in [2.05, 4.69) is 4.74 Å². The van der Waals surface area contributed by atoms with Gasteiger partial charge >= 0.3 is 5.97 Å². The topological polar surface area (TPSA) is 66.8 Å². The molecule has 0 bridgehead atoms. The molecule has 0 aliphatic carbocycles. The molecule has 0 atom stereocenters. The van der Waals surface area contributed by atoms with Gasteiger partial charge in [0.2, 0.25) is 0 Å². The number of hydroxylamine groups is 2. The summed E-state index contributed by atoms with van der Waals surface area (Å²) in [5.74, 6) is -1.43. The van der Waals surface area contributed by atoms with E-state index < -0.39 is 18.4 Å². The van der Waals surface area contributed by atoms with Gasteiger partial charge in [0, 0.05) is 0 Å². The van der Waals surface area contributed by atoms with Gasteiger partial charge in [-0.05, 0) is 19.1 Å². The summed E-state index contributed by atoms with van der Waals surface area (Å²) in [6, 6.07) is 6.25. The molecule has 92 valence electrons. The smallest absolute Gasteiger partial charge is 0.328 e. The maximum absolute atomic E-state index is 11.7. The van der Waals surface area contributed by atoms with Gasteiger partial charge in [-0.15, -0.1) is 0 Å². The Hall–Kier alpha value is -1.59. The average molecular weight is 258 g/mol. The molecule has 17 heavy (non-hydrogen) atoms. The predicted molar refractivity (Wildman–Crippen MR) is 60.9 cm³/mol. The first kappa shape index (κ1) is 13.5. The fourth-order valence-corrected chi connectivity index (χ4v) is 1.39. The third-order valence-electron chi connectivity index (χ3n) is 1.92. The van der Waals surface area contributed by atoms with Crippen LogP contribution in [0.25, 0.3) is 0 Å². The molecular formula is C11H12ClNO4. The fraction of sp³-hybridized carbons (Fsp3) is 0.273. The van der Waals surface area contributed by atoms with Crippen LogP contribution < -0.4 is 0 Å². The monoisotopic (exact) mass is 257 g/mol. The molecule has 1 amide bonds. The normalized spacial score (nSPS) is 9.82. The number of rotatable bonds is 4. The van der Waals surface area contributed by atoms with Gasteiger partial charge in [-0.1, -0.05) is 23.7 Å². The zero-order valence-electron chi connectivity index (χ0n) is 9.22. The van der Waals surface area contributed by atoms with Gasteiger partial charge in [0.25, 0.3) is 5.91 Å². The number of hydrogen-bond donors (Lipinski definition) is 1. The molecule has 0 radical (unpaired) electrons. The van der Waals surface area contributed by atoms with Gasteiger partial charge in [-0.25, -0.2) is 5.06 Å². The molecule has 0 unspecified atom stereocenters. The highest BCUT2D eigenvalue weighted by Crippen LogP contribution is 2.16. The van der Waals surface area contributed by atoms with Crippen LogP contribution >= 0.6 is 11.6 Å². The minimum atomic E-state index is -0.747. The predicted octanol–water partition coefficient (Wildman–Crippen LogP) is 1.73. The molecule has 5 nitrogen and oxygen atoms in total. The molecule has 0 saturated heterocycles. The van der Waals surface area contributed by atoms with Crippen molar-refractivity contribution in [3.05, 3.63) is 34.9 Å². The highest BCUT2D eigenvalue weighted by atomic mass is 35.5. The number of ether oxygens (including phenoxy) is 1. The minimum Gasteiger partial charge on any atom is -0.465 e. The highest BCUT2D eigenvalue weighted by Gasteiger charge is 2.19. The second-order valence-corrected chi connectivity index (χ2v) is 3.55. The molecule has 0 aliphatic rings. The first-order valence-electron chi connectivity index (χ1n) is 4.97. The summed E-state index contributed by atoms with van der Waals surface area (Å²) in [5.41, 5.74) is 0.126. The van der Waals surface area contributed by atoms with Crippen LogP contribution in [-0.2, 0) is 9.53 Å². The molecule has 0 aromatic heterocycles. The van der Waals surface area contributed by atoms with Crippen LogP contribution in [0.1, 0.15) is 17.3 Å². The zero-order chi connectivity index (χ0) is 12.8. The first-order valence-corrected chi connectivity index (χ1v) is 5.35. The van der Waals surface area contributed by atoms with Crippen molar-refractivity contribution in [2.24, 2.45) is 0 Å². The van der Waals surface area contributed by atoms with E-state index in [1.807, 2.05) is 0 Å². The van der Waals surface area contributed by atoms with Crippen LogP contribution in [-0.4, -0.2) is 35.3 Å². The lowest BCUT2D eigenvalue weighted by Crippen LogP contribution is -2.33. The van der Waals surface area contributed by atoms with E-state index in [-0.39, 0.29) is 22.3 Å². The van der Waals surface area contributed by atoms with E-state index in [1.54, 1.807) is 19.1 Å². The standard InChI is InChI=1S/C11H12ClNO4/c1-2-17-10(14)7-13(16)11(15)8-5-3-4-6-9(8)12/h3-6,16H,2,7H2,1H3. The van der Waals surface area contributed by atoms with Crippen molar-refractivity contribution in [1.29, 1.82) is 0 Å². The molecule has 0 saturated carbocycles. The highest BCUT2D eigenvalue weighted by molar-refractivity contribution is 6.33. The Balaban J connectivity index is 2.70. The zero-order valence-corrected chi connectivity index (χ0v) is 9.98. The maximum Gasteiger partial charge on any atom is 0.328 e. The van der Waals surface area contributed by atoms with E-state index in [4.69, 9.17) is 11.6 Å². The van der Waals surface area contributed by atoms with Gasteiger partial charge < -0.3 is 4.74 Å². The summed E-state index contributed by atoms with van der Waals surface area (Å²) in [6.45, 7) is 1.29. The van der Waals surface area contributed by atoms with Crippen molar-refractivity contribution in [3.8, 4) is 0 Å². The summed E-state index contributed by atoms with van der Waals surface area (Å²) in [7, 11) is 0. The van der Waals surface area contributed by atoms with E-state index in [1.165, 1.54) is 12.1 Å². The van der Waals surface area contributed by atoms with Crippen LogP contribution in [0.3, 0.4) is 0 Å². The molecule has 1 rings (SSSR count). The minimum absolute atomic E-state index is 0.126. The molecule has 1 aromatic rings. The quantitative estimate of drug-likeness (QED) is 0.507. The second-order valence-electron chi connectivity index (χ2n) is 3.15. The first-order chi connectivity index (χ1) is 8.06. The van der Waals surface area contributed by atoms with Crippen LogP contribution in [0.4, 0.5) is 0 Å². The Bertz CT molecular complexity index is 422. The number of esters is 1. The summed E-state index contributed by atoms with van der Waals surface area (Å²) in [6.07, 6.45) is 0. The Morgan fingerprint density at radius 1 is 1.41 bits per heavy atom.